The highest BCUT2D eigenvalue weighted by Crippen LogP contribution is 2.33. The number of amides is 2. The molecular formula is C29H26F3N3O3. The van der Waals surface area contributed by atoms with Crippen LogP contribution in [0.15, 0.2) is 84.4 Å². The minimum Gasteiger partial charge on any atom is -0.368 e. The van der Waals surface area contributed by atoms with E-state index in [-0.39, 0.29) is 30.0 Å². The number of para-hydroxylation sites is 1. The Labute approximate surface area is 218 Å². The number of carbonyl (C=O) groups excluding carboxylic acids is 3. The van der Waals surface area contributed by atoms with Crippen molar-refractivity contribution in [1.82, 2.24) is 4.90 Å². The molecule has 1 fully saturated rings. The zero-order chi connectivity index (χ0) is 27.3. The van der Waals surface area contributed by atoms with Crippen LogP contribution in [0.25, 0.3) is 6.08 Å². The van der Waals surface area contributed by atoms with E-state index in [9.17, 15) is 27.6 Å². The van der Waals surface area contributed by atoms with E-state index in [4.69, 9.17) is 0 Å². The number of Topliss-reactive ketones (excluding diaryl/α,β-unsaturated/α-hetero) is 1. The van der Waals surface area contributed by atoms with Gasteiger partial charge in [-0.05, 0) is 61.0 Å². The van der Waals surface area contributed by atoms with E-state index in [1.807, 2.05) is 17.0 Å². The van der Waals surface area contributed by atoms with Crippen LogP contribution in [0, 0.1) is 0 Å². The zero-order valence-corrected chi connectivity index (χ0v) is 20.7. The van der Waals surface area contributed by atoms with Crippen LogP contribution in [0.5, 0.6) is 0 Å². The summed E-state index contributed by atoms with van der Waals surface area (Å²) in [7, 11) is 0. The maximum atomic E-state index is 13.6. The molecule has 1 N–H and O–H groups in total. The first-order valence-electron chi connectivity index (χ1n) is 12.0. The molecule has 0 spiro atoms. The van der Waals surface area contributed by atoms with E-state index in [2.05, 4.69) is 5.32 Å². The van der Waals surface area contributed by atoms with E-state index in [0.717, 1.165) is 17.8 Å². The van der Waals surface area contributed by atoms with Crippen molar-refractivity contribution in [3.8, 4) is 0 Å². The number of rotatable bonds is 6. The lowest BCUT2D eigenvalue weighted by atomic mass is 10.0. The van der Waals surface area contributed by atoms with Crippen LogP contribution < -0.4 is 10.2 Å². The molecule has 38 heavy (non-hydrogen) atoms. The number of ketones is 1. The quantitative estimate of drug-likeness (QED) is 0.208. The summed E-state index contributed by atoms with van der Waals surface area (Å²) in [6.45, 7) is 2.94. The topological polar surface area (TPSA) is 69.7 Å². The molecule has 2 amide bonds. The lowest BCUT2D eigenvalue weighted by Crippen LogP contribution is -2.50. The first-order valence-corrected chi connectivity index (χ1v) is 12.0. The van der Waals surface area contributed by atoms with Gasteiger partial charge in [0.25, 0.3) is 11.8 Å². The van der Waals surface area contributed by atoms with E-state index in [0.29, 0.717) is 24.3 Å². The van der Waals surface area contributed by atoms with Gasteiger partial charge in [-0.1, -0.05) is 36.4 Å². The van der Waals surface area contributed by atoms with Gasteiger partial charge in [0.2, 0.25) is 0 Å². The van der Waals surface area contributed by atoms with Crippen molar-refractivity contribution >= 4 is 35.0 Å². The number of carbonyl (C=O) groups is 3. The summed E-state index contributed by atoms with van der Waals surface area (Å²) >= 11 is 0. The minimum absolute atomic E-state index is 0.0350. The second kappa shape index (κ2) is 11.3. The highest BCUT2D eigenvalue weighted by Gasteiger charge is 2.34. The summed E-state index contributed by atoms with van der Waals surface area (Å²) in [5, 5.41) is 2.62. The fourth-order valence-electron chi connectivity index (χ4n) is 4.23. The number of nitrogens with zero attached hydrogens (tertiary/aromatic N) is 2. The number of benzene rings is 3. The summed E-state index contributed by atoms with van der Waals surface area (Å²) in [6.07, 6.45) is -3.64. The van der Waals surface area contributed by atoms with Crippen molar-refractivity contribution < 1.29 is 27.6 Å². The fourth-order valence-corrected chi connectivity index (χ4v) is 4.23. The van der Waals surface area contributed by atoms with Crippen molar-refractivity contribution in [3.05, 3.63) is 101 Å². The predicted molar refractivity (Wildman–Crippen MR) is 140 cm³/mol. The van der Waals surface area contributed by atoms with Gasteiger partial charge < -0.3 is 15.1 Å². The minimum atomic E-state index is -4.65. The molecule has 1 aliphatic heterocycles. The molecule has 1 aliphatic rings. The summed E-state index contributed by atoms with van der Waals surface area (Å²) in [5.74, 6) is -1.48. The van der Waals surface area contributed by atoms with Crippen molar-refractivity contribution in [1.29, 1.82) is 0 Å². The number of hydrogen-bond acceptors (Lipinski definition) is 4. The predicted octanol–water partition coefficient (Wildman–Crippen LogP) is 5.28. The average Bonchev–Trinajstić information content (AvgIpc) is 2.91. The second-order valence-corrected chi connectivity index (χ2v) is 8.85. The molecule has 0 aliphatic carbocycles. The highest BCUT2D eigenvalue weighted by atomic mass is 19.4. The zero-order valence-electron chi connectivity index (χ0n) is 20.7. The third kappa shape index (κ3) is 6.29. The molecule has 0 aromatic heterocycles. The Balaban J connectivity index is 1.58. The molecule has 6 nitrogen and oxygen atoms in total. The van der Waals surface area contributed by atoms with Gasteiger partial charge in [0.05, 0.1) is 5.56 Å². The monoisotopic (exact) mass is 521 g/mol. The van der Waals surface area contributed by atoms with Gasteiger partial charge in [-0.15, -0.1) is 0 Å². The molecule has 1 heterocycles. The van der Waals surface area contributed by atoms with Gasteiger partial charge in [0.15, 0.2) is 5.78 Å². The van der Waals surface area contributed by atoms with Crippen molar-refractivity contribution in [2.45, 2.75) is 13.1 Å². The van der Waals surface area contributed by atoms with E-state index in [1.165, 1.54) is 30.0 Å². The molecule has 0 saturated carbocycles. The normalized spacial score (nSPS) is 14.3. The molecule has 9 heteroatoms. The summed E-state index contributed by atoms with van der Waals surface area (Å²) in [4.78, 5) is 41.7. The molecule has 0 unspecified atom stereocenters. The van der Waals surface area contributed by atoms with Crippen LogP contribution in [0.3, 0.4) is 0 Å². The molecular weight excluding hydrogens is 495 g/mol. The number of halogens is 3. The Morgan fingerprint density at radius 3 is 2.03 bits per heavy atom. The smallest absolute Gasteiger partial charge is 0.368 e. The molecule has 0 bridgehead atoms. The van der Waals surface area contributed by atoms with Crippen LogP contribution in [0.1, 0.15) is 28.4 Å². The lowest BCUT2D eigenvalue weighted by Gasteiger charge is -2.36. The maximum absolute atomic E-state index is 13.6. The number of nitrogens with one attached hydrogen (secondary N) is 1. The van der Waals surface area contributed by atoms with E-state index < -0.39 is 23.6 Å². The average molecular weight is 522 g/mol. The summed E-state index contributed by atoms with van der Waals surface area (Å²) in [6, 6.07) is 20.4. The summed E-state index contributed by atoms with van der Waals surface area (Å²) in [5.41, 5.74) is 0.316. The Hall–Kier alpha value is -4.40. The number of hydrogen-bond donors (Lipinski definition) is 1. The molecule has 4 rings (SSSR count). The van der Waals surface area contributed by atoms with Crippen LogP contribution in [0.4, 0.5) is 24.5 Å². The molecule has 0 atom stereocenters. The second-order valence-electron chi connectivity index (χ2n) is 8.85. The standard InChI is InChI=1S/C29H26F3N3O3/c1-20(36)21-11-13-24(14-12-21)34-15-17-35(18-16-34)28(38)25(27(37)33-23-8-3-2-4-9-23)19-22-7-5-6-10-26(22)29(30,31)32/h2-14,19H,15-18H2,1H3,(H,33,37)/b25-19+. The number of anilines is 2. The Kier molecular flexibility index (Phi) is 7.95. The van der Waals surface area contributed by atoms with Crippen molar-refractivity contribution in [2.24, 2.45) is 0 Å². The number of piperazine rings is 1. The van der Waals surface area contributed by atoms with Crippen molar-refractivity contribution in [3.63, 3.8) is 0 Å². The Bertz CT molecular complexity index is 1340. The maximum Gasteiger partial charge on any atom is 0.416 e. The van der Waals surface area contributed by atoms with Gasteiger partial charge in [-0.25, -0.2) is 0 Å². The van der Waals surface area contributed by atoms with Crippen LogP contribution >= 0.6 is 0 Å². The van der Waals surface area contributed by atoms with Crippen LogP contribution in [-0.2, 0) is 15.8 Å². The van der Waals surface area contributed by atoms with Gasteiger partial charge in [0.1, 0.15) is 5.57 Å². The first kappa shape index (κ1) is 26.7. The molecule has 3 aromatic carbocycles. The molecule has 3 aromatic rings. The van der Waals surface area contributed by atoms with Gasteiger partial charge in [-0.3, -0.25) is 14.4 Å². The van der Waals surface area contributed by atoms with Gasteiger partial charge in [0, 0.05) is 43.1 Å². The lowest BCUT2D eigenvalue weighted by molar-refractivity contribution is -0.138. The number of alkyl halides is 3. The largest absolute Gasteiger partial charge is 0.416 e. The van der Waals surface area contributed by atoms with E-state index >= 15 is 0 Å². The van der Waals surface area contributed by atoms with E-state index in [1.54, 1.807) is 42.5 Å². The van der Waals surface area contributed by atoms with Gasteiger partial charge >= 0.3 is 6.18 Å². The molecule has 196 valence electrons. The molecule has 1 saturated heterocycles. The van der Waals surface area contributed by atoms with Crippen LogP contribution in [0.2, 0.25) is 0 Å². The molecule has 0 radical (unpaired) electrons. The Morgan fingerprint density at radius 1 is 0.816 bits per heavy atom. The first-order chi connectivity index (χ1) is 18.1. The SMILES string of the molecule is CC(=O)c1ccc(N2CCN(C(=O)/C(=C/c3ccccc3C(F)(F)F)C(=O)Nc3ccccc3)CC2)cc1. The fraction of sp³-hybridized carbons (Fsp3) is 0.207. The van der Waals surface area contributed by atoms with Crippen molar-refractivity contribution in [2.75, 3.05) is 36.4 Å². The highest BCUT2D eigenvalue weighted by molar-refractivity contribution is 6.25. The van der Waals surface area contributed by atoms with Gasteiger partial charge in [-0.2, -0.15) is 13.2 Å². The third-order valence-corrected chi connectivity index (χ3v) is 6.28. The Morgan fingerprint density at radius 2 is 1.42 bits per heavy atom. The third-order valence-electron chi connectivity index (χ3n) is 6.28. The summed E-state index contributed by atoms with van der Waals surface area (Å²) < 4.78 is 40.9. The van der Waals surface area contributed by atoms with Crippen LogP contribution in [-0.4, -0.2) is 48.7 Å².